The minimum absolute atomic E-state index is 0.0231. The van der Waals surface area contributed by atoms with Crippen LogP contribution in [0, 0.1) is 56.2 Å². The Hall–Kier alpha value is -7.66. The number of benzene rings is 6. The van der Waals surface area contributed by atoms with Gasteiger partial charge in [0.2, 0.25) is 0 Å². The molecule has 0 spiro atoms. The van der Waals surface area contributed by atoms with E-state index in [-0.39, 0.29) is 35.4 Å². The van der Waals surface area contributed by atoms with Crippen LogP contribution in [0.5, 0.6) is 0 Å². The molecule has 0 radical (unpaired) electrons. The highest BCUT2D eigenvalue weighted by Gasteiger charge is 2.64. The number of hydrogen-bond donors (Lipinski definition) is 0. The third-order valence-corrected chi connectivity index (χ3v) is 43.4. The maximum atomic E-state index is 14.6. The summed E-state index contributed by atoms with van der Waals surface area (Å²) in [6, 6.07) is 65.4. The molecular formula is C131H175F4NO4. The molecule has 9 aliphatic heterocycles. The first-order valence-corrected chi connectivity index (χ1v) is 54.6. The third-order valence-electron chi connectivity index (χ3n) is 43.4. The number of piperidine rings is 1. The van der Waals surface area contributed by atoms with Crippen LogP contribution in [0.3, 0.4) is 0 Å². The number of rotatable bonds is 6. The first kappa shape index (κ1) is 105. The third kappa shape index (κ3) is 18.2. The Balaban J connectivity index is 0.000000115. The molecule has 9 heterocycles. The molecule has 0 aromatic heterocycles. The SMILES string of the molecule is CC1=C(C)C2(C(C)(C)C)CCC1(c1ccccc1)CC2.CC1=C(C)C2(C(F)(F)F)CCC1(c1ccccc1)CC2.CC1=C(C)C2(C)OCC1(C)CO2.CC1=C(C)C2(c3ccccc3)CCC1(C)CC2.CC1=C(C)C2(c3ccccc3)CCC1(F)CC2.CC1=C(C)C2(c3ccccc3)CCC1(c1ccccc1)CC2.CC1=C(C)C2CCC1CC2(C)C.CC1=C(C)C2OCC1CO2.CC1=C(C)N2CCC1CC2. The Morgan fingerprint density at radius 3 is 0.893 bits per heavy atom. The van der Waals surface area contributed by atoms with Crippen molar-refractivity contribution in [3.63, 3.8) is 0 Å². The molecule has 18 aliphatic carbocycles. The molecule has 0 N–H and O–H groups in total. The van der Waals surface area contributed by atoms with E-state index in [1.54, 1.807) is 73.9 Å². The van der Waals surface area contributed by atoms with E-state index < -0.39 is 23.0 Å². The number of hydrogen-bond acceptors (Lipinski definition) is 5. The fourth-order valence-electron chi connectivity index (χ4n) is 31.4. The summed E-state index contributed by atoms with van der Waals surface area (Å²) in [4.78, 5) is 2.52. The molecule has 140 heavy (non-hydrogen) atoms. The normalized spacial score (nSPS) is 35.3. The summed E-state index contributed by atoms with van der Waals surface area (Å²) in [6.45, 7) is 64.7. The lowest BCUT2D eigenvalue weighted by molar-refractivity contribution is -0.278. The molecule has 6 aromatic carbocycles. The van der Waals surface area contributed by atoms with E-state index in [4.69, 9.17) is 18.9 Å². The van der Waals surface area contributed by atoms with E-state index in [9.17, 15) is 17.6 Å². The molecule has 0 amide bonds. The molecule has 27 aliphatic rings. The van der Waals surface area contributed by atoms with Crippen molar-refractivity contribution in [3.05, 3.63) is 316 Å². The van der Waals surface area contributed by atoms with Crippen LogP contribution in [0.25, 0.3) is 0 Å². The average Bonchev–Trinajstić information content (AvgIpc) is 0.687. The summed E-state index contributed by atoms with van der Waals surface area (Å²) in [6.07, 6.45) is 24.0. The van der Waals surface area contributed by atoms with Crippen molar-refractivity contribution in [3.8, 4) is 0 Å². The minimum Gasteiger partial charge on any atom is -0.375 e. The quantitative estimate of drug-likeness (QED) is 0.123. The highest BCUT2D eigenvalue weighted by atomic mass is 19.4. The van der Waals surface area contributed by atoms with Gasteiger partial charge < -0.3 is 23.8 Å². The summed E-state index contributed by atoms with van der Waals surface area (Å²) >= 11 is 0. The summed E-state index contributed by atoms with van der Waals surface area (Å²) in [5.74, 6) is 2.85. The van der Waals surface area contributed by atoms with Crippen molar-refractivity contribution in [2.24, 2.45) is 56.2 Å². The van der Waals surface area contributed by atoms with Gasteiger partial charge in [-0.05, 0) is 382 Å². The van der Waals surface area contributed by atoms with Gasteiger partial charge >= 0.3 is 6.18 Å². The topological polar surface area (TPSA) is 40.2 Å². The van der Waals surface area contributed by atoms with Gasteiger partial charge in [0.15, 0.2) is 12.1 Å². The molecule has 9 heteroatoms. The minimum atomic E-state index is -4.12. The lowest BCUT2D eigenvalue weighted by Crippen LogP contribution is -2.53. The Morgan fingerprint density at radius 1 is 0.293 bits per heavy atom. The van der Waals surface area contributed by atoms with Gasteiger partial charge in [0.1, 0.15) is 5.67 Å². The molecule has 6 saturated carbocycles. The fourth-order valence-corrected chi connectivity index (χ4v) is 31.4. The summed E-state index contributed by atoms with van der Waals surface area (Å²) < 4.78 is 77.3. The van der Waals surface area contributed by atoms with E-state index >= 15 is 0 Å². The molecule has 6 aromatic rings. The van der Waals surface area contributed by atoms with Gasteiger partial charge in [-0.2, -0.15) is 13.2 Å². The number of alkyl halides is 4. The monoisotopic (exact) mass is 1900 g/mol. The highest BCUT2D eigenvalue weighted by molar-refractivity contribution is 5.54. The molecule has 18 bridgehead atoms. The van der Waals surface area contributed by atoms with E-state index in [1.165, 1.54) is 172 Å². The Bertz CT molecular complexity index is 5340. The van der Waals surface area contributed by atoms with Crippen molar-refractivity contribution in [1.29, 1.82) is 0 Å². The molecular weight excluding hydrogens is 1730 g/mol. The average molecular weight is 1900 g/mol. The standard InChI is InChI=1S/C22H24.C20H28.C17H19F3.C17H22.C16H19F.C12H20.C10H16O2.C9H15N.C8H12O2/c1-17-18(2)22(20-11-7-4-8-12-20)15-13-21(17,14-16-22)19-9-5-3-6-10-19;1-15-16(2)20(18(3,4)5)13-11-19(15,12-14-20)17-9-7-6-8-10-17;1-12-13(2)16(17(18,19)20)10-8-15(12,9-11-16)14-6-4-3-5-7-14;1-13-14(2)17(15-7-5-4-6-8-15)11-9-16(13,3)10-12-17;1-12-13(2)16(17)10-8-15(12,9-11-16)14-6-4-3-5-7-14;1-8-9(2)11-6-5-10(8)7-12(11,3)4;1-7-8(2)10(4)11-5-9(7,3)6-12-10;1-7-8(2)10-5-3-9(7)4-6-10;1-5-6(2)8-9-3-7(5)4-10-8/h3-12H,13-16H2,1-2H3;6-10H,11-14H2,1-5H3;3-7H,8-11H2,1-2H3;4-8H,9-12H2,1-3H3;3-7H,8-11H2,1-2H3;10-11H,5-7H2,1-4H3;5-6H2,1-4H3;9H,3-6H2,1-2H3;7-8H,3-4H2,1-2H3. The highest BCUT2D eigenvalue weighted by Crippen LogP contribution is 2.69. The second-order valence-electron chi connectivity index (χ2n) is 49.7. The van der Waals surface area contributed by atoms with Crippen LogP contribution in [-0.2, 0) is 51.4 Å². The summed E-state index contributed by atoms with van der Waals surface area (Å²) in [5.41, 5.74) is 35.2. The van der Waals surface area contributed by atoms with Crippen LogP contribution in [0.1, 0.15) is 374 Å². The molecule has 33 rings (SSSR count). The molecule has 2 unspecified atom stereocenters. The van der Waals surface area contributed by atoms with Crippen LogP contribution in [-0.4, -0.2) is 68.3 Å². The molecule has 5 nitrogen and oxygen atoms in total. The molecule has 2 atom stereocenters. The second-order valence-corrected chi connectivity index (χ2v) is 49.7. The van der Waals surface area contributed by atoms with E-state index in [0.717, 1.165) is 68.2 Å². The number of ether oxygens (including phenoxy) is 4. The number of allylic oxidation sites excluding steroid dienone is 14. The number of halogens is 4. The molecule has 756 valence electrons. The molecule has 3 saturated heterocycles. The van der Waals surface area contributed by atoms with Crippen LogP contribution in [0.4, 0.5) is 17.6 Å². The van der Waals surface area contributed by atoms with Gasteiger partial charge in [-0.15, -0.1) is 0 Å². The smallest absolute Gasteiger partial charge is 0.375 e. The number of fused-ring (bicyclic) bond motifs is 18. The predicted molar refractivity (Wildman–Crippen MR) is 575 cm³/mol. The van der Waals surface area contributed by atoms with Gasteiger partial charge in [-0.1, -0.05) is 308 Å². The summed E-state index contributed by atoms with van der Waals surface area (Å²) in [7, 11) is 0. The predicted octanol–water partition coefficient (Wildman–Crippen LogP) is 35.7. The first-order chi connectivity index (χ1) is 66.1. The Kier molecular flexibility index (Phi) is 29.8. The largest absolute Gasteiger partial charge is 0.398 e. The first-order valence-electron chi connectivity index (χ1n) is 54.6. The maximum absolute atomic E-state index is 14.6. The van der Waals surface area contributed by atoms with Crippen molar-refractivity contribution < 1.29 is 36.5 Å². The van der Waals surface area contributed by atoms with Crippen LogP contribution >= 0.6 is 0 Å². The van der Waals surface area contributed by atoms with Crippen molar-refractivity contribution in [2.75, 3.05) is 39.5 Å². The van der Waals surface area contributed by atoms with Gasteiger partial charge in [-0.3, -0.25) is 0 Å². The van der Waals surface area contributed by atoms with Gasteiger partial charge in [0, 0.05) is 62.6 Å². The van der Waals surface area contributed by atoms with Gasteiger partial charge in [0.05, 0.1) is 31.8 Å². The maximum Gasteiger partial charge on any atom is 0.398 e. The van der Waals surface area contributed by atoms with E-state index in [0.29, 0.717) is 80.5 Å². The zero-order chi connectivity index (χ0) is 101. The number of nitrogens with zero attached hydrogens (tertiary/aromatic N) is 1. The van der Waals surface area contributed by atoms with Crippen molar-refractivity contribution >= 4 is 0 Å². The van der Waals surface area contributed by atoms with Crippen LogP contribution in [0.2, 0.25) is 0 Å². The van der Waals surface area contributed by atoms with E-state index in [1.807, 2.05) is 39.0 Å². The lowest BCUT2D eigenvalue weighted by atomic mass is 9.44. The Morgan fingerprint density at radius 2 is 0.600 bits per heavy atom. The Labute approximate surface area is 844 Å². The molecule has 9 fully saturated rings. The van der Waals surface area contributed by atoms with E-state index in [2.05, 4.69) is 321 Å². The fraction of sp³-hybridized carbons (Fsp3) is 0.588. The van der Waals surface area contributed by atoms with Crippen LogP contribution in [0.15, 0.2) is 282 Å². The van der Waals surface area contributed by atoms with Crippen molar-refractivity contribution in [2.45, 2.75) is 397 Å². The second kappa shape index (κ2) is 39.6. The zero-order valence-electron chi connectivity index (χ0n) is 91.2. The zero-order valence-corrected chi connectivity index (χ0v) is 91.2. The van der Waals surface area contributed by atoms with Crippen molar-refractivity contribution in [1.82, 2.24) is 4.90 Å². The van der Waals surface area contributed by atoms with Gasteiger partial charge in [-0.25, -0.2) is 4.39 Å². The van der Waals surface area contributed by atoms with Gasteiger partial charge in [0.25, 0.3) is 0 Å². The summed E-state index contributed by atoms with van der Waals surface area (Å²) in [5, 5.41) is 0. The van der Waals surface area contributed by atoms with Crippen LogP contribution < -0.4 is 0 Å². The lowest BCUT2D eigenvalue weighted by Gasteiger charge is -2.60.